The minimum Gasteiger partial charge on any atom is -0.353 e. The molecule has 0 fully saturated rings. The zero-order valence-corrected chi connectivity index (χ0v) is 17.0. The average molecular weight is 396 g/mol. The second-order valence-electron chi connectivity index (χ2n) is 7.20. The summed E-state index contributed by atoms with van der Waals surface area (Å²) in [5.41, 5.74) is 8.22. The highest BCUT2D eigenvalue weighted by atomic mass is 16.7. The summed E-state index contributed by atoms with van der Waals surface area (Å²) in [6.45, 7) is 10.2. The van der Waals surface area contributed by atoms with Crippen molar-refractivity contribution in [2.45, 2.75) is 20.8 Å². The molecule has 5 rings (SSSR count). The van der Waals surface area contributed by atoms with Gasteiger partial charge in [0.2, 0.25) is 0 Å². The molecule has 7 heteroatoms. The number of para-hydroxylation sites is 2. The molecule has 148 valence electrons. The van der Waals surface area contributed by atoms with E-state index in [1.165, 1.54) is 4.85 Å². The molecule has 0 aliphatic carbocycles. The largest absolute Gasteiger partial charge is 0.353 e. The van der Waals surface area contributed by atoms with Gasteiger partial charge in [-0.25, -0.2) is 4.68 Å². The monoisotopic (exact) mass is 396 g/mol. The lowest BCUT2D eigenvalue weighted by Gasteiger charge is -2.20. The first-order valence-corrected chi connectivity index (χ1v) is 9.66. The fourth-order valence-electron chi connectivity index (χ4n) is 3.76. The van der Waals surface area contributed by atoms with E-state index in [4.69, 9.17) is 4.84 Å². The molecule has 0 bridgehead atoms. The van der Waals surface area contributed by atoms with Crippen LogP contribution < -0.4 is 4.84 Å². The van der Waals surface area contributed by atoms with Crippen molar-refractivity contribution in [3.8, 4) is 11.4 Å². The third-order valence-corrected chi connectivity index (χ3v) is 5.61. The maximum Gasteiger partial charge on any atom is 0.191 e. The van der Waals surface area contributed by atoms with Gasteiger partial charge in [0.1, 0.15) is 22.2 Å². The Morgan fingerprint density at radius 2 is 1.43 bits per heavy atom. The van der Waals surface area contributed by atoms with Crippen LogP contribution in [0.5, 0.6) is 5.75 Å². The molecule has 0 atom stereocenters. The predicted octanol–water partition coefficient (Wildman–Crippen LogP) is 4.58. The lowest BCUT2D eigenvalue weighted by Crippen LogP contribution is -2.14. The Morgan fingerprint density at radius 3 is 2.17 bits per heavy atom. The van der Waals surface area contributed by atoms with Crippen molar-refractivity contribution in [1.29, 1.82) is 0 Å². The summed E-state index contributed by atoms with van der Waals surface area (Å²) in [4.78, 5) is 7.80. The summed E-state index contributed by atoms with van der Waals surface area (Å²) in [6.07, 6.45) is 1.80. The van der Waals surface area contributed by atoms with Crippen LogP contribution in [0.3, 0.4) is 0 Å². The number of aromatic nitrogens is 6. The van der Waals surface area contributed by atoms with Crippen LogP contribution in [0.1, 0.15) is 22.3 Å². The Kier molecular flexibility index (Phi) is 4.10. The number of hydrogen-bond donors (Lipinski definition) is 0. The van der Waals surface area contributed by atoms with Gasteiger partial charge in [-0.1, -0.05) is 47.0 Å². The molecular formula is C23H20N6O. The van der Waals surface area contributed by atoms with Gasteiger partial charge in [0.15, 0.2) is 5.75 Å². The molecule has 2 heterocycles. The van der Waals surface area contributed by atoms with E-state index in [9.17, 15) is 0 Å². The lowest BCUT2D eigenvalue weighted by atomic mass is 9.95. The van der Waals surface area contributed by atoms with Crippen molar-refractivity contribution in [2.24, 2.45) is 0 Å². The van der Waals surface area contributed by atoms with Crippen molar-refractivity contribution in [3.63, 3.8) is 0 Å². The summed E-state index contributed by atoms with van der Waals surface area (Å²) in [6, 6.07) is 15.5. The zero-order chi connectivity index (χ0) is 20.8. The van der Waals surface area contributed by atoms with Gasteiger partial charge >= 0.3 is 0 Å². The van der Waals surface area contributed by atoms with Crippen LogP contribution in [0, 0.1) is 20.8 Å². The number of rotatable bonds is 4. The minimum absolute atomic E-state index is 0.608. The Morgan fingerprint density at radius 1 is 0.800 bits per heavy atom. The Bertz CT molecular complexity index is 1430. The summed E-state index contributed by atoms with van der Waals surface area (Å²) in [5, 5.41) is 17.2. The van der Waals surface area contributed by atoms with Crippen LogP contribution in [-0.2, 0) is 0 Å². The van der Waals surface area contributed by atoms with Gasteiger partial charge in [-0.3, -0.25) is 0 Å². The third kappa shape index (κ3) is 2.59. The van der Waals surface area contributed by atoms with Gasteiger partial charge in [0.25, 0.3) is 0 Å². The van der Waals surface area contributed by atoms with Crippen LogP contribution in [-0.4, -0.2) is 30.2 Å². The highest BCUT2D eigenvalue weighted by molar-refractivity contribution is 5.80. The Labute approximate surface area is 173 Å². The van der Waals surface area contributed by atoms with Gasteiger partial charge in [0.05, 0.1) is 5.52 Å². The maximum absolute atomic E-state index is 6.36. The molecule has 0 N–H and O–H groups in total. The first-order valence-electron chi connectivity index (χ1n) is 9.66. The van der Waals surface area contributed by atoms with Gasteiger partial charge in [-0.05, 0) is 66.9 Å². The molecule has 2 aromatic heterocycles. The molecule has 7 nitrogen and oxygen atoms in total. The topological polar surface area (TPSA) is 70.7 Å². The van der Waals surface area contributed by atoms with E-state index in [-0.39, 0.29) is 0 Å². The fourth-order valence-corrected chi connectivity index (χ4v) is 3.76. The van der Waals surface area contributed by atoms with E-state index in [2.05, 4.69) is 48.0 Å². The van der Waals surface area contributed by atoms with Gasteiger partial charge < -0.3 is 4.84 Å². The van der Waals surface area contributed by atoms with E-state index < -0.39 is 0 Å². The van der Waals surface area contributed by atoms with E-state index in [1.807, 2.05) is 53.2 Å². The van der Waals surface area contributed by atoms with Gasteiger partial charge in [-0.2, -0.15) is 0 Å². The molecule has 0 radical (unpaired) electrons. The number of hydrogen-bond acceptors (Lipinski definition) is 5. The molecule has 0 spiro atoms. The predicted molar refractivity (Wildman–Crippen MR) is 117 cm³/mol. The summed E-state index contributed by atoms with van der Waals surface area (Å²) >= 11 is 0. The molecule has 3 aromatic carbocycles. The first-order chi connectivity index (χ1) is 14.6. The molecule has 30 heavy (non-hydrogen) atoms. The van der Waals surface area contributed by atoms with E-state index in [0.717, 1.165) is 50.0 Å². The SMILES string of the molecule is C=Cc1c(C)c(C)c(C)c(-n2nnc3ccccc32)c1On1nnc2ccccc21. The normalized spacial score (nSPS) is 11.3. The van der Waals surface area contributed by atoms with E-state index >= 15 is 0 Å². The summed E-state index contributed by atoms with van der Waals surface area (Å²) < 4.78 is 1.82. The Balaban J connectivity index is 1.82. The van der Waals surface area contributed by atoms with E-state index in [1.54, 1.807) is 6.08 Å². The molecule has 5 aromatic rings. The highest BCUT2D eigenvalue weighted by Crippen LogP contribution is 2.38. The lowest BCUT2D eigenvalue weighted by molar-refractivity contribution is 0.183. The van der Waals surface area contributed by atoms with Crippen LogP contribution in [0.4, 0.5) is 0 Å². The smallest absolute Gasteiger partial charge is 0.191 e. The summed E-state index contributed by atoms with van der Waals surface area (Å²) in [5.74, 6) is 0.608. The summed E-state index contributed by atoms with van der Waals surface area (Å²) in [7, 11) is 0. The van der Waals surface area contributed by atoms with Gasteiger partial charge in [-0.15, -0.1) is 10.2 Å². The molecule has 0 aliphatic rings. The van der Waals surface area contributed by atoms with Crippen molar-refractivity contribution in [1.82, 2.24) is 30.2 Å². The fraction of sp³-hybridized carbons (Fsp3) is 0.130. The molecule has 0 unspecified atom stereocenters. The molecule has 0 saturated carbocycles. The van der Waals surface area contributed by atoms with Crippen molar-refractivity contribution < 1.29 is 4.84 Å². The van der Waals surface area contributed by atoms with Crippen LogP contribution in [0.25, 0.3) is 33.8 Å². The molecule has 0 amide bonds. The third-order valence-electron chi connectivity index (χ3n) is 5.61. The average Bonchev–Trinajstić information content (AvgIpc) is 3.37. The standard InChI is InChI=1S/C23H20N6O/c1-5-17-15(3)14(2)16(4)22(28-20-12-8-6-10-18(20)24-26-28)23(17)30-29-21-13-9-7-11-19(21)25-27-29/h5-13H,1H2,2-4H3. The molecular weight excluding hydrogens is 376 g/mol. The second-order valence-corrected chi connectivity index (χ2v) is 7.20. The minimum atomic E-state index is 0.608. The zero-order valence-electron chi connectivity index (χ0n) is 17.0. The van der Waals surface area contributed by atoms with Crippen molar-refractivity contribution in [2.75, 3.05) is 0 Å². The second kappa shape index (κ2) is 6.81. The maximum atomic E-state index is 6.36. The molecule has 0 aliphatic heterocycles. The van der Waals surface area contributed by atoms with Crippen LogP contribution >= 0.6 is 0 Å². The van der Waals surface area contributed by atoms with Crippen molar-refractivity contribution in [3.05, 3.63) is 77.4 Å². The molecule has 0 saturated heterocycles. The van der Waals surface area contributed by atoms with Gasteiger partial charge in [0, 0.05) is 5.56 Å². The van der Waals surface area contributed by atoms with Crippen molar-refractivity contribution >= 4 is 28.1 Å². The first kappa shape index (κ1) is 18.1. The number of fused-ring (bicyclic) bond motifs is 2. The number of benzene rings is 3. The van der Waals surface area contributed by atoms with E-state index in [0.29, 0.717) is 5.75 Å². The Hall–Kier alpha value is -4.00. The highest BCUT2D eigenvalue weighted by Gasteiger charge is 2.23. The number of nitrogens with zero attached hydrogens (tertiary/aromatic N) is 6. The quantitative estimate of drug-likeness (QED) is 0.445. The van der Waals surface area contributed by atoms with Crippen LogP contribution in [0.15, 0.2) is 55.1 Å². The van der Waals surface area contributed by atoms with Crippen LogP contribution in [0.2, 0.25) is 0 Å².